The Morgan fingerprint density at radius 1 is 0.742 bits per heavy atom. The molecule has 0 saturated carbocycles. The van der Waals surface area contributed by atoms with E-state index in [0.29, 0.717) is 23.4 Å². The minimum absolute atomic E-state index is 0.641. The molecular weight excluding hydrogens is 460 g/mol. The summed E-state index contributed by atoms with van der Waals surface area (Å²) in [5.74, 6) is 1.68. The highest BCUT2D eigenvalue weighted by atomic mass is 32.3. The molecule has 0 aromatic heterocycles. The number of thioether (sulfide) groups is 2. The Morgan fingerprint density at radius 2 is 1.03 bits per heavy atom. The highest BCUT2D eigenvalue weighted by Gasteiger charge is 1.99. The Balaban J connectivity index is 0.000000479. The molecule has 0 heterocycles. The molecule has 10 nitrogen and oxygen atoms in total. The summed E-state index contributed by atoms with van der Waals surface area (Å²) < 4.78 is 34.1. The predicted octanol–water partition coefficient (Wildman–Crippen LogP) is -2.53. The van der Waals surface area contributed by atoms with Crippen molar-refractivity contribution in [3.8, 4) is 0 Å². The first-order chi connectivity index (χ1) is 14.7. The van der Waals surface area contributed by atoms with Crippen LogP contribution in [0.1, 0.15) is 0 Å². The van der Waals surface area contributed by atoms with E-state index in [2.05, 4.69) is 9.98 Å². The molecule has 172 valence electrons. The number of hydrogen-bond donors (Lipinski definition) is 6. The third kappa shape index (κ3) is 20.9. The fraction of sp³-hybridized carbons (Fsp3) is 0.222. The van der Waals surface area contributed by atoms with E-state index in [0.717, 1.165) is 22.9 Å². The molecule has 0 unspecified atom stereocenters. The van der Waals surface area contributed by atoms with Crippen molar-refractivity contribution < 1.29 is 27.5 Å². The lowest BCUT2D eigenvalue weighted by molar-refractivity contribution is -0.351. The number of rotatable bonds is 6. The van der Waals surface area contributed by atoms with Crippen molar-refractivity contribution >= 4 is 55.6 Å². The van der Waals surface area contributed by atoms with Gasteiger partial charge in [0.1, 0.15) is 11.4 Å². The first-order valence-corrected chi connectivity index (χ1v) is 12.2. The Hall–Kier alpha value is -2.13. The molecule has 2 aromatic rings. The monoisotopic (exact) mass is 488 g/mol. The minimum Gasteiger partial charge on any atom is -0.759 e. The normalized spacial score (nSPS) is 11.6. The van der Waals surface area contributed by atoms with Gasteiger partial charge in [-0.25, -0.2) is 9.98 Å². The van der Waals surface area contributed by atoms with Crippen LogP contribution in [-0.4, -0.2) is 52.5 Å². The highest BCUT2D eigenvalue weighted by Crippen LogP contribution is 1.98. The lowest BCUT2D eigenvalue weighted by Crippen LogP contribution is -2.68. The van der Waals surface area contributed by atoms with Crippen molar-refractivity contribution in [2.45, 2.75) is 0 Å². The molecule has 0 bridgehead atoms. The molecule has 10 N–H and O–H groups in total. The van der Waals surface area contributed by atoms with Crippen LogP contribution in [0.5, 0.6) is 0 Å². The van der Waals surface area contributed by atoms with Gasteiger partial charge in [0.05, 0.1) is 0 Å². The molecule has 0 aliphatic rings. The van der Waals surface area contributed by atoms with Crippen LogP contribution >= 0.6 is 23.5 Å². The van der Waals surface area contributed by atoms with Crippen LogP contribution in [0.25, 0.3) is 0 Å². The molecule has 0 spiro atoms. The number of nitrogens with one attached hydrogen (secondary N) is 2. The van der Waals surface area contributed by atoms with Crippen LogP contribution in [0.2, 0.25) is 0 Å². The van der Waals surface area contributed by atoms with Crippen LogP contribution in [0.15, 0.2) is 60.7 Å². The van der Waals surface area contributed by atoms with Crippen LogP contribution in [-0.2, 0) is 10.4 Å². The Labute approximate surface area is 191 Å². The van der Waals surface area contributed by atoms with Crippen LogP contribution < -0.4 is 32.9 Å². The molecule has 2 aromatic carbocycles. The number of para-hydroxylation sites is 2. The van der Waals surface area contributed by atoms with E-state index in [9.17, 15) is 0 Å². The Morgan fingerprint density at radius 3 is 1.29 bits per heavy atom. The van der Waals surface area contributed by atoms with Gasteiger partial charge in [-0.15, -0.1) is 0 Å². The van der Waals surface area contributed by atoms with Crippen molar-refractivity contribution in [3.63, 3.8) is 0 Å². The molecule has 0 aliphatic carbocycles. The molecule has 0 saturated heterocycles. The van der Waals surface area contributed by atoms with Crippen LogP contribution in [0.3, 0.4) is 0 Å². The van der Waals surface area contributed by atoms with Crippen molar-refractivity contribution in [3.05, 3.63) is 60.7 Å². The second-order valence-electron chi connectivity index (χ2n) is 5.39. The highest BCUT2D eigenvalue weighted by molar-refractivity contribution is 8.13. The van der Waals surface area contributed by atoms with E-state index in [4.69, 9.17) is 40.5 Å². The number of amidine groups is 2. The molecule has 0 fully saturated rings. The molecule has 0 amide bonds. The molecule has 31 heavy (non-hydrogen) atoms. The number of nitrogens with two attached hydrogens (primary N) is 4. The van der Waals surface area contributed by atoms with E-state index < -0.39 is 10.4 Å². The smallest absolute Gasteiger partial charge is 0.307 e. The first kappa shape index (κ1) is 28.9. The summed E-state index contributed by atoms with van der Waals surface area (Å²) in [7, 11) is -5.17. The summed E-state index contributed by atoms with van der Waals surface area (Å²) in [6.45, 7) is 1.28. The summed E-state index contributed by atoms with van der Waals surface area (Å²) >= 11 is 3.06. The van der Waals surface area contributed by atoms with Gasteiger partial charge in [-0.3, -0.25) is 19.9 Å². The number of hydrogen-bond acceptors (Lipinski definition) is 8. The summed E-state index contributed by atoms with van der Waals surface area (Å²) in [5.41, 5.74) is 24.1. The van der Waals surface area contributed by atoms with Gasteiger partial charge < -0.3 is 20.6 Å². The van der Waals surface area contributed by atoms with Gasteiger partial charge in [0, 0.05) is 35.0 Å². The van der Waals surface area contributed by atoms with Gasteiger partial charge >= 0.3 is 10.3 Å². The maximum atomic E-state index is 8.52. The standard InChI is InChI=1S/2C9H13N3S.H2O4S/c2*10-6-7-13-9(11)12-8-4-2-1-3-5-8;1-5(2,3)4/h2*1-5H,6-7,10H2,(H2,11,12);(H2,1,2,3,4). The average Bonchev–Trinajstić information content (AvgIpc) is 2.71. The van der Waals surface area contributed by atoms with E-state index in [-0.39, 0.29) is 0 Å². The summed E-state index contributed by atoms with van der Waals surface area (Å²) in [4.78, 5) is 6.16. The van der Waals surface area contributed by atoms with E-state index in [1.54, 1.807) is 0 Å². The lowest BCUT2D eigenvalue weighted by Gasteiger charge is -2.06. The zero-order valence-electron chi connectivity index (χ0n) is 16.8. The lowest BCUT2D eigenvalue weighted by atomic mass is 10.3. The van der Waals surface area contributed by atoms with E-state index in [1.807, 2.05) is 60.7 Å². The van der Waals surface area contributed by atoms with Gasteiger partial charge in [0.25, 0.3) is 0 Å². The topological polar surface area (TPSA) is 212 Å². The first-order valence-electron chi connectivity index (χ1n) is 8.87. The van der Waals surface area contributed by atoms with Crippen LogP contribution in [0, 0.1) is 0 Å². The maximum Gasteiger partial charge on any atom is 0.307 e. The van der Waals surface area contributed by atoms with Gasteiger partial charge in [-0.1, -0.05) is 36.4 Å². The molecule has 13 heteroatoms. The fourth-order valence-electron chi connectivity index (χ4n) is 1.74. The van der Waals surface area contributed by atoms with Gasteiger partial charge in [-0.2, -0.15) is 0 Å². The molecule has 2 rings (SSSR count). The van der Waals surface area contributed by atoms with E-state index in [1.165, 1.54) is 23.5 Å². The Bertz CT molecular complexity index is 814. The van der Waals surface area contributed by atoms with Crippen LogP contribution in [0.4, 0.5) is 11.4 Å². The third-order valence-electron chi connectivity index (χ3n) is 2.83. The minimum atomic E-state index is -5.17. The van der Waals surface area contributed by atoms with Crippen molar-refractivity contribution in [2.24, 2.45) is 22.9 Å². The van der Waals surface area contributed by atoms with Gasteiger partial charge in [-0.05, 0) is 47.8 Å². The van der Waals surface area contributed by atoms with Gasteiger partial charge in [0.15, 0.2) is 0 Å². The molecule has 0 aliphatic heterocycles. The van der Waals surface area contributed by atoms with E-state index >= 15 is 0 Å². The largest absolute Gasteiger partial charge is 0.759 e. The Kier molecular flexibility index (Phi) is 16.3. The molecule has 0 atom stereocenters. The van der Waals surface area contributed by atoms with Crippen molar-refractivity contribution in [2.75, 3.05) is 24.6 Å². The summed E-state index contributed by atoms with van der Waals surface area (Å²) in [6.07, 6.45) is 0. The quantitative estimate of drug-likeness (QED) is 0.109. The van der Waals surface area contributed by atoms with Crippen molar-refractivity contribution in [1.82, 2.24) is 0 Å². The molecule has 0 radical (unpaired) electrons. The van der Waals surface area contributed by atoms with Gasteiger partial charge in [0.2, 0.25) is 0 Å². The SMILES string of the molecule is NCCSC(N)=[NH+]c1ccccc1.NCCSC(N)=[NH+]c1ccccc1.O=S(=O)([O-])[O-]. The second kappa shape index (κ2) is 17.5. The molecular formula is C18H28N6O4S3. The predicted molar refractivity (Wildman–Crippen MR) is 126 cm³/mol. The fourth-order valence-corrected chi connectivity index (χ4v) is 2.79. The number of benzene rings is 2. The second-order valence-corrected chi connectivity index (χ2v) is 8.48. The average molecular weight is 489 g/mol. The maximum absolute atomic E-state index is 8.52. The summed E-state index contributed by atoms with van der Waals surface area (Å²) in [5, 5.41) is 1.38. The third-order valence-corrected chi connectivity index (χ3v) is 4.54. The van der Waals surface area contributed by atoms with Crippen molar-refractivity contribution in [1.29, 1.82) is 0 Å². The summed E-state index contributed by atoms with van der Waals surface area (Å²) in [6, 6.07) is 19.7. The zero-order chi connectivity index (χ0) is 23.5. The zero-order valence-corrected chi connectivity index (χ0v) is 19.2.